The van der Waals surface area contributed by atoms with Crippen LogP contribution < -0.4 is 4.74 Å². The van der Waals surface area contributed by atoms with Gasteiger partial charge >= 0.3 is 0 Å². The predicted molar refractivity (Wildman–Crippen MR) is 86.1 cm³/mol. The van der Waals surface area contributed by atoms with Crippen LogP contribution in [0.3, 0.4) is 0 Å². The van der Waals surface area contributed by atoms with E-state index in [9.17, 15) is 4.21 Å². The molecule has 1 aliphatic rings. The van der Waals surface area contributed by atoms with E-state index < -0.39 is 10.8 Å². The van der Waals surface area contributed by atoms with Crippen LogP contribution in [0.2, 0.25) is 0 Å². The lowest BCUT2D eigenvalue weighted by Gasteiger charge is -2.06. The molecule has 3 heterocycles. The number of aryl methyl sites for hydroxylation is 1. The number of rotatable bonds is 0. The van der Waals surface area contributed by atoms with Crippen molar-refractivity contribution in [2.45, 2.75) is 45.3 Å². The fraction of sp³-hybridized carbons (Fsp3) is 0.375. The highest BCUT2D eigenvalue weighted by atomic mass is 32.2. The van der Waals surface area contributed by atoms with E-state index in [4.69, 9.17) is 4.74 Å². The van der Waals surface area contributed by atoms with Crippen molar-refractivity contribution in [2.24, 2.45) is 0 Å². The summed E-state index contributed by atoms with van der Waals surface area (Å²) in [5.74, 6) is 1.70. The van der Waals surface area contributed by atoms with Gasteiger partial charge in [0.1, 0.15) is 5.75 Å². The van der Waals surface area contributed by atoms with E-state index in [1.54, 1.807) is 24.7 Å². The molecule has 3 rings (SSSR count). The third-order valence-electron chi connectivity index (χ3n) is 2.58. The Kier molecular flexibility index (Phi) is 7.02. The summed E-state index contributed by atoms with van der Waals surface area (Å²) in [6.45, 7) is 9.87. The molecule has 0 amide bonds. The van der Waals surface area contributed by atoms with Crippen molar-refractivity contribution in [3.05, 3.63) is 42.0 Å². The summed E-state index contributed by atoms with van der Waals surface area (Å²) in [6.07, 6.45) is 4.98. The van der Waals surface area contributed by atoms with Crippen LogP contribution in [-0.4, -0.2) is 14.2 Å². The fourth-order valence-corrected chi connectivity index (χ4v) is 3.01. The van der Waals surface area contributed by atoms with Crippen molar-refractivity contribution in [3.8, 4) is 11.5 Å². The minimum atomic E-state index is -1.11. The third kappa shape index (κ3) is 4.11. The Morgan fingerprint density at radius 3 is 2.57 bits per heavy atom. The molecule has 0 bridgehead atoms. The molecule has 0 N–H and O–H groups in total. The molecule has 0 fully saturated rings. The van der Waals surface area contributed by atoms with Crippen LogP contribution in [0.1, 0.15) is 39.0 Å². The molecule has 21 heavy (non-hydrogen) atoms. The summed E-state index contributed by atoms with van der Waals surface area (Å²) in [4.78, 5) is 8.89. The Balaban J connectivity index is 0.000000510. The van der Waals surface area contributed by atoms with Gasteiger partial charge in [0, 0.05) is 23.7 Å². The highest BCUT2D eigenvalue weighted by Gasteiger charge is 2.20. The molecular formula is C16H22N2O2S. The molecule has 1 aliphatic heterocycles. The van der Waals surface area contributed by atoms with Crippen molar-refractivity contribution >= 4 is 10.8 Å². The zero-order valence-electron chi connectivity index (χ0n) is 13.2. The van der Waals surface area contributed by atoms with Crippen molar-refractivity contribution in [1.29, 1.82) is 0 Å². The Labute approximate surface area is 129 Å². The third-order valence-corrected chi connectivity index (χ3v) is 3.96. The Hall–Kier alpha value is -1.75. The molecular weight excluding hydrogens is 284 g/mol. The van der Waals surface area contributed by atoms with Crippen LogP contribution in [0.25, 0.3) is 0 Å². The lowest BCUT2D eigenvalue weighted by molar-refractivity contribution is 0.465. The predicted octanol–water partition coefficient (Wildman–Crippen LogP) is 4.25. The first-order chi connectivity index (χ1) is 10.2. The number of hydrogen-bond donors (Lipinski definition) is 0. The van der Waals surface area contributed by atoms with Gasteiger partial charge in [-0.15, -0.1) is 0 Å². The van der Waals surface area contributed by atoms with Gasteiger partial charge in [0.05, 0.1) is 27.6 Å². The van der Waals surface area contributed by atoms with E-state index in [0.29, 0.717) is 22.1 Å². The summed E-state index contributed by atoms with van der Waals surface area (Å²) >= 11 is 0. The number of fused-ring (bicyclic) bond motifs is 2. The Morgan fingerprint density at radius 1 is 1.14 bits per heavy atom. The standard InChI is InChI=1S/C12H10N2O2S.2C2H6/c1-8-4-12-11(6-14-8)16-10-2-3-13-5-9(10)7-17(12)15;2*1-2/h2-6H,7H2,1H3;2*1-2H3. The van der Waals surface area contributed by atoms with Gasteiger partial charge < -0.3 is 4.74 Å². The molecule has 1 atom stereocenters. The van der Waals surface area contributed by atoms with Crippen LogP contribution in [0.5, 0.6) is 11.5 Å². The summed E-state index contributed by atoms with van der Waals surface area (Å²) in [7, 11) is -1.11. The topological polar surface area (TPSA) is 52.1 Å². The van der Waals surface area contributed by atoms with Crippen LogP contribution in [-0.2, 0) is 16.6 Å². The van der Waals surface area contributed by atoms with Gasteiger partial charge in [-0.25, -0.2) is 0 Å². The van der Waals surface area contributed by atoms with Gasteiger partial charge in [-0.2, -0.15) is 0 Å². The molecule has 4 nitrogen and oxygen atoms in total. The lowest BCUT2D eigenvalue weighted by atomic mass is 10.3. The van der Waals surface area contributed by atoms with Crippen molar-refractivity contribution in [1.82, 2.24) is 9.97 Å². The van der Waals surface area contributed by atoms with Crippen LogP contribution in [0.15, 0.2) is 35.6 Å². The van der Waals surface area contributed by atoms with Gasteiger partial charge in [0.15, 0.2) is 5.75 Å². The smallest absolute Gasteiger partial charge is 0.161 e. The normalized spacial score (nSPS) is 14.8. The van der Waals surface area contributed by atoms with E-state index in [1.807, 2.05) is 40.7 Å². The highest BCUT2D eigenvalue weighted by Crippen LogP contribution is 2.34. The molecule has 0 saturated carbocycles. The summed E-state index contributed by atoms with van der Waals surface area (Å²) in [6, 6.07) is 3.59. The van der Waals surface area contributed by atoms with Crippen LogP contribution in [0.4, 0.5) is 0 Å². The van der Waals surface area contributed by atoms with Crippen LogP contribution >= 0.6 is 0 Å². The first-order valence-corrected chi connectivity index (χ1v) is 8.52. The van der Waals surface area contributed by atoms with Crippen molar-refractivity contribution in [2.75, 3.05) is 0 Å². The monoisotopic (exact) mass is 306 g/mol. The summed E-state index contributed by atoms with van der Waals surface area (Å²) in [5.41, 5.74) is 1.70. The number of nitrogens with zero attached hydrogens (tertiary/aromatic N) is 2. The molecule has 5 heteroatoms. The minimum Gasteiger partial charge on any atom is -0.454 e. The maximum atomic E-state index is 12.2. The van der Waals surface area contributed by atoms with E-state index in [2.05, 4.69) is 9.97 Å². The Morgan fingerprint density at radius 2 is 1.86 bits per heavy atom. The fourth-order valence-electron chi connectivity index (χ4n) is 1.74. The molecule has 0 radical (unpaired) electrons. The second-order valence-electron chi connectivity index (χ2n) is 3.85. The van der Waals surface area contributed by atoms with E-state index in [1.165, 1.54) is 0 Å². The second-order valence-corrected chi connectivity index (χ2v) is 5.27. The molecule has 2 aromatic heterocycles. The van der Waals surface area contributed by atoms with Gasteiger partial charge in [0.2, 0.25) is 0 Å². The van der Waals surface area contributed by atoms with Gasteiger partial charge in [-0.05, 0) is 19.1 Å². The van der Waals surface area contributed by atoms with Gasteiger partial charge in [-0.3, -0.25) is 14.2 Å². The zero-order chi connectivity index (χ0) is 15.8. The summed E-state index contributed by atoms with van der Waals surface area (Å²) < 4.78 is 17.9. The van der Waals surface area contributed by atoms with E-state index >= 15 is 0 Å². The van der Waals surface area contributed by atoms with E-state index in [0.717, 1.165) is 11.3 Å². The molecule has 0 aliphatic carbocycles. The molecule has 0 aromatic carbocycles. The Bertz CT molecular complexity index is 615. The highest BCUT2D eigenvalue weighted by molar-refractivity contribution is 7.84. The van der Waals surface area contributed by atoms with Gasteiger partial charge in [-0.1, -0.05) is 27.7 Å². The second kappa shape index (κ2) is 8.52. The largest absolute Gasteiger partial charge is 0.454 e. The first-order valence-electron chi connectivity index (χ1n) is 7.20. The zero-order valence-corrected chi connectivity index (χ0v) is 14.0. The molecule has 0 spiro atoms. The average Bonchev–Trinajstić information content (AvgIpc) is 2.67. The quantitative estimate of drug-likeness (QED) is 0.730. The number of hydrogen-bond acceptors (Lipinski definition) is 4. The average molecular weight is 306 g/mol. The van der Waals surface area contributed by atoms with Crippen molar-refractivity contribution < 1.29 is 8.95 Å². The molecule has 1 unspecified atom stereocenters. The molecule has 2 aromatic rings. The number of aromatic nitrogens is 2. The maximum absolute atomic E-state index is 12.2. The molecule has 0 saturated heterocycles. The SMILES string of the molecule is CC.CC.Cc1cc2c(cn1)Oc1ccncc1CS2=O. The van der Waals surface area contributed by atoms with Gasteiger partial charge in [0.25, 0.3) is 0 Å². The first kappa shape index (κ1) is 17.3. The van der Waals surface area contributed by atoms with Crippen molar-refractivity contribution in [3.63, 3.8) is 0 Å². The molecule has 114 valence electrons. The van der Waals surface area contributed by atoms with E-state index in [-0.39, 0.29) is 0 Å². The minimum absolute atomic E-state index is 0.430. The number of pyridine rings is 2. The lowest BCUT2D eigenvalue weighted by Crippen LogP contribution is -1.96. The number of ether oxygens (including phenoxy) is 1. The summed E-state index contributed by atoms with van der Waals surface area (Å²) in [5, 5.41) is 0. The maximum Gasteiger partial charge on any atom is 0.161 e. The van der Waals surface area contributed by atoms with Crippen LogP contribution in [0, 0.1) is 6.92 Å².